The summed E-state index contributed by atoms with van der Waals surface area (Å²) >= 11 is 0. The number of carbonyl (C=O) groups excluding carboxylic acids is 2. The number of amides is 2. The molecule has 0 spiro atoms. The molecule has 106 valence electrons. The monoisotopic (exact) mass is 266 g/mol. The maximum atomic E-state index is 12.0. The Morgan fingerprint density at radius 2 is 2.16 bits per heavy atom. The van der Waals surface area contributed by atoms with Gasteiger partial charge in [0.15, 0.2) is 0 Å². The Bertz CT molecular complexity index is 399. The Labute approximate surface area is 114 Å². The minimum atomic E-state index is -0.104. The summed E-state index contributed by atoms with van der Waals surface area (Å²) in [6, 6.07) is 1.63. The molecule has 0 saturated carbocycles. The zero-order chi connectivity index (χ0) is 14.3. The van der Waals surface area contributed by atoms with E-state index in [9.17, 15) is 9.59 Å². The van der Waals surface area contributed by atoms with Crippen molar-refractivity contribution < 1.29 is 14.0 Å². The molecule has 0 aliphatic carbocycles. The van der Waals surface area contributed by atoms with Gasteiger partial charge in [-0.05, 0) is 18.9 Å². The first kappa shape index (κ1) is 15.3. The molecular formula is C14H22N2O3. The lowest BCUT2D eigenvalue weighted by molar-refractivity contribution is -0.121. The van der Waals surface area contributed by atoms with Gasteiger partial charge in [0.25, 0.3) is 5.91 Å². The van der Waals surface area contributed by atoms with Gasteiger partial charge < -0.3 is 14.6 Å². The number of hydrogen-bond donors (Lipinski definition) is 1. The van der Waals surface area contributed by atoms with Crippen LogP contribution in [0.25, 0.3) is 0 Å². The van der Waals surface area contributed by atoms with Crippen LogP contribution in [-0.4, -0.2) is 36.3 Å². The van der Waals surface area contributed by atoms with E-state index in [-0.39, 0.29) is 11.8 Å². The predicted molar refractivity (Wildman–Crippen MR) is 72.8 cm³/mol. The highest BCUT2D eigenvalue weighted by atomic mass is 16.3. The van der Waals surface area contributed by atoms with Gasteiger partial charge in [-0.1, -0.05) is 13.8 Å². The average Bonchev–Trinajstić information content (AvgIpc) is 2.90. The summed E-state index contributed by atoms with van der Waals surface area (Å²) < 4.78 is 4.89. The topological polar surface area (TPSA) is 62.6 Å². The molecule has 1 aromatic rings. The van der Waals surface area contributed by atoms with Gasteiger partial charge in [-0.3, -0.25) is 9.59 Å². The molecule has 1 rings (SSSR count). The lowest BCUT2D eigenvalue weighted by Gasteiger charge is -2.20. The van der Waals surface area contributed by atoms with Crippen LogP contribution in [0.15, 0.2) is 23.0 Å². The Morgan fingerprint density at radius 3 is 2.68 bits per heavy atom. The molecule has 5 heteroatoms. The summed E-state index contributed by atoms with van der Waals surface area (Å²) in [6.07, 6.45) is 3.21. The standard InChI is InChI=1S/C14H22N2O3/c1-4-16(14(18)12-6-8-19-10-12)7-5-13(17)15-9-11(2)3/h6,8,10-11H,4-5,7,9H2,1-3H3,(H,15,17). The van der Waals surface area contributed by atoms with Crippen LogP contribution in [0.3, 0.4) is 0 Å². The SMILES string of the molecule is CCN(CCC(=O)NCC(C)C)C(=O)c1ccoc1. The van der Waals surface area contributed by atoms with Crippen LogP contribution in [0.4, 0.5) is 0 Å². The number of rotatable bonds is 7. The van der Waals surface area contributed by atoms with Gasteiger partial charge >= 0.3 is 0 Å². The molecule has 1 heterocycles. The molecule has 5 nitrogen and oxygen atoms in total. The van der Waals surface area contributed by atoms with Crippen LogP contribution in [0.5, 0.6) is 0 Å². The minimum Gasteiger partial charge on any atom is -0.472 e. The Balaban J connectivity index is 2.41. The first-order chi connectivity index (χ1) is 9.04. The van der Waals surface area contributed by atoms with E-state index >= 15 is 0 Å². The second kappa shape index (κ2) is 7.61. The van der Waals surface area contributed by atoms with E-state index in [0.29, 0.717) is 37.5 Å². The van der Waals surface area contributed by atoms with E-state index < -0.39 is 0 Å². The van der Waals surface area contributed by atoms with Crippen molar-refractivity contribution in [2.45, 2.75) is 27.2 Å². The van der Waals surface area contributed by atoms with Crippen LogP contribution >= 0.6 is 0 Å². The highest BCUT2D eigenvalue weighted by Crippen LogP contribution is 2.06. The van der Waals surface area contributed by atoms with Crippen molar-refractivity contribution in [1.29, 1.82) is 0 Å². The maximum absolute atomic E-state index is 12.0. The van der Waals surface area contributed by atoms with Crippen molar-refractivity contribution in [2.24, 2.45) is 5.92 Å². The highest BCUT2D eigenvalue weighted by molar-refractivity contribution is 5.94. The largest absolute Gasteiger partial charge is 0.472 e. The van der Waals surface area contributed by atoms with Crippen molar-refractivity contribution in [2.75, 3.05) is 19.6 Å². The lowest BCUT2D eigenvalue weighted by atomic mass is 10.2. The summed E-state index contributed by atoms with van der Waals surface area (Å²) in [6.45, 7) is 7.64. The Morgan fingerprint density at radius 1 is 1.42 bits per heavy atom. The summed E-state index contributed by atoms with van der Waals surface area (Å²) in [7, 11) is 0. The van der Waals surface area contributed by atoms with Gasteiger partial charge in [-0.15, -0.1) is 0 Å². The molecule has 0 saturated heterocycles. The van der Waals surface area contributed by atoms with Crippen LogP contribution in [0.2, 0.25) is 0 Å². The van der Waals surface area contributed by atoms with Crippen molar-refractivity contribution in [3.8, 4) is 0 Å². The molecule has 0 aromatic carbocycles. The van der Waals surface area contributed by atoms with Gasteiger partial charge in [0.2, 0.25) is 5.91 Å². The molecule has 2 amide bonds. The Hall–Kier alpha value is -1.78. The summed E-state index contributed by atoms with van der Waals surface area (Å²) in [5, 5.41) is 2.84. The van der Waals surface area contributed by atoms with Crippen LogP contribution in [0.1, 0.15) is 37.6 Å². The zero-order valence-corrected chi connectivity index (χ0v) is 11.8. The van der Waals surface area contributed by atoms with E-state index in [1.54, 1.807) is 11.0 Å². The van der Waals surface area contributed by atoms with E-state index in [1.165, 1.54) is 12.5 Å². The summed E-state index contributed by atoms with van der Waals surface area (Å²) in [4.78, 5) is 25.3. The fourth-order valence-electron chi connectivity index (χ4n) is 1.61. The van der Waals surface area contributed by atoms with Crippen LogP contribution < -0.4 is 5.32 Å². The first-order valence-corrected chi connectivity index (χ1v) is 6.62. The summed E-state index contributed by atoms with van der Waals surface area (Å²) in [5.74, 6) is 0.304. The minimum absolute atomic E-state index is 0.0212. The van der Waals surface area contributed by atoms with Gasteiger partial charge in [-0.25, -0.2) is 0 Å². The molecule has 0 fully saturated rings. The van der Waals surface area contributed by atoms with Crippen molar-refractivity contribution in [1.82, 2.24) is 10.2 Å². The van der Waals surface area contributed by atoms with E-state index in [1.807, 2.05) is 20.8 Å². The second-order valence-electron chi connectivity index (χ2n) is 4.84. The van der Waals surface area contributed by atoms with Gasteiger partial charge in [0, 0.05) is 26.1 Å². The fraction of sp³-hybridized carbons (Fsp3) is 0.571. The second-order valence-corrected chi connectivity index (χ2v) is 4.84. The zero-order valence-electron chi connectivity index (χ0n) is 11.8. The third kappa shape index (κ3) is 5.16. The predicted octanol–water partition coefficient (Wildman–Crippen LogP) is 1.90. The number of nitrogens with zero attached hydrogens (tertiary/aromatic N) is 1. The van der Waals surface area contributed by atoms with Gasteiger partial charge in [0.05, 0.1) is 11.8 Å². The number of carbonyl (C=O) groups is 2. The van der Waals surface area contributed by atoms with E-state index in [4.69, 9.17) is 4.42 Å². The molecule has 1 aromatic heterocycles. The first-order valence-electron chi connectivity index (χ1n) is 6.62. The number of furan rings is 1. The van der Waals surface area contributed by atoms with E-state index in [2.05, 4.69) is 5.32 Å². The number of nitrogens with one attached hydrogen (secondary N) is 1. The van der Waals surface area contributed by atoms with Crippen molar-refractivity contribution in [3.05, 3.63) is 24.2 Å². The molecule has 0 unspecified atom stereocenters. The Kier molecular flexibility index (Phi) is 6.12. The highest BCUT2D eigenvalue weighted by Gasteiger charge is 2.16. The van der Waals surface area contributed by atoms with Gasteiger partial charge in [-0.2, -0.15) is 0 Å². The van der Waals surface area contributed by atoms with Crippen LogP contribution in [0, 0.1) is 5.92 Å². The van der Waals surface area contributed by atoms with Crippen molar-refractivity contribution in [3.63, 3.8) is 0 Å². The molecule has 0 atom stereocenters. The molecule has 0 bridgehead atoms. The lowest BCUT2D eigenvalue weighted by Crippen LogP contribution is -2.35. The quantitative estimate of drug-likeness (QED) is 0.820. The smallest absolute Gasteiger partial charge is 0.257 e. The third-order valence-corrected chi connectivity index (χ3v) is 2.75. The third-order valence-electron chi connectivity index (χ3n) is 2.75. The molecule has 0 radical (unpaired) electrons. The maximum Gasteiger partial charge on any atom is 0.257 e. The van der Waals surface area contributed by atoms with Gasteiger partial charge in [0.1, 0.15) is 6.26 Å². The summed E-state index contributed by atoms with van der Waals surface area (Å²) in [5.41, 5.74) is 0.518. The molecule has 19 heavy (non-hydrogen) atoms. The normalized spacial score (nSPS) is 10.5. The fourth-order valence-corrected chi connectivity index (χ4v) is 1.61. The van der Waals surface area contributed by atoms with Crippen LogP contribution in [-0.2, 0) is 4.79 Å². The molecule has 1 N–H and O–H groups in total. The van der Waals surface area contributed by atoms with Crippen molar-refractivity contribution >= 4 is 11.8 Å². The van der Waals surface area contributed by atoms with E-state index in [0.717, 1.165) is 0 Å². The molecule has 0 aliphatic heterocycles. The molecular weight excluding hydrogens is 244 g/mol. The average molecular weight is 266 g/mol. The number of hydrogen-bond acceptors (Lipinski definition) is 3. The molecule has 0 aliphatic rings.